The predicted molar refractivity (Wildman–Crippen MR) is 79.2 cm³/mol. The molecule has 0 amide bonds. The van der Waals surface area contributed by atoms with Gasteiger partial charge in [-0.2, -0.15) is 0 Å². The topological polar surface area (TPSA) is 57.4 Å². The molecular formula is C16H13FN2O2. The van der Waals surface area contributed by atoms with E-state index in [0.29, 0.717) is 17.2 Å². The molecule has 106 valence electrons. The average Bonchev–Trinajstić information content (AvgIpc) is 2.50. The molecule has 0 saturated heterocycles. The number of ether oxygens (including phenoxy) is 2. The van der Waals surface area contributed by atoms with E-state index in [1.54, 1.807) is 25.4 Å². The lowest BCUT2D eigenvalue weighted by Crippen LogP contribution is -1.92. The van der Waals surface area contributed by atoms with Gasteiger partial charge in [0.1, 0.15) is 23.1 Å². The van der Waals surface area contributed by atoms with Gasteiger partial charge >= 0.3 is 0 Å². The lowest BCUT2D eigenvalue weighted by Gasteiger charge is -2.10. The summed E-state index contributed by atoms with van der Waals surface area (Å²) < 4.78 is 24.4. The van der Waals surface area contributed by atoms with Gasteiger partial charge in [-0.25, -0.2) is 4.39 Å². The van der Waals surface area contributed by atoms with E-state index in [1.165, 1.54) is 12.1 Å². The van der Waals surface area contributed by atoms with Crippen molar-refractivity contribution in [1.82, 2.24) is 4.98 Å². The van der Waals surface area contributed by atoms with E-state index in [9.17, 15) is 4.39 Å². The van der Waals surface area contributed by atoms with Gasteiger partial charge in [0, 0.05) is 23.7 Å². The number of anilines is 1. The number of fused-ring (bicyclic) bond motifs is 1. The fourth-order valence-electron chi connectivity index (χ4n) is 2.02. The van der Waals surface area contributed by atoms with E-state index in [1.807, 2.05) is 18.2 Å². The molecule has 0 saturated carbocycles. The molecule has 0 aliphatic carbocycles. The summed E-state index contributed by atoms with van der Waals surface area (Å²) in [6, 6.07) is 11.6. The van der Waals surface area contributed by atoms with Crippen LogP contribution in [0, 0.1) is 5.82 Å². The standard InChI is InChI=1S/C16H13FN2O2/c1-20-10-2-4-12-15(9-10)19-7-6-16(12)21-11-3-5-14(18)13(17)8-11/h2-9H,18H2,1H3. The minimum atomic E-state index is -0.507. The zero-order valence-corrected chi connectivity index (χ0v) is 11.3. The number of nitrogens with zero attached hydrogens (tertiary/aromatic N) is 1. The first-order valence-electron chi connectivity index (χ1n) is 6.33. The average molecular weight is 284 g/mol. The van der Waals surface area contributed by atoms with Crippen molar-refractivity contribution in [1.29, 1.82) is 0 Å². The van der Waals surface area contributed by atoms with Crippen molar-refractivity contribution >= 4 is 16.6 Å². The third-order valence-corrected chi connectivity index (χ3v) is 3.11. The molecule has 2 aromatic carbocycles. The predicted octanol–water partition coefficient (Wildman–Crippen LogP) is 3.76. The summed E-state index contributed by atoms with van der Waals surface area (Å²) in [5.74, 6) is 1.18. The summed E-state index contributed by atoms with van der Waals surface area (Å²) >= 11 is 0. The first-order valence-corrected chi connectivity index (χ1v) is 6.33. The zero-order valence-electron chi connectivity index (χ0n) is 11.3. The minimum absolute atomic E-state index is 0.0895. The molecule has 21 heavy (non-hydrogen) atoms. The third-order valence-electron chi connectivity index (χ3n) is 3.11. The monoisotopic (exact) mass is 284 g/mol. The highest BCUT2D eigenvalue weighted by Crippen LogP contribution is 2.31. The molecule has 2 N–H and O–H groups in total. The molecule has 3 aromatic rings. The molecule has 4 nitrogen and oxygen atoms in total. The number of nitrogen functional groups attached to an aromatic ring is 1. The largest absolute Gasteiger partial charge is 0.497 e. The molecule has 5 heteroatoms. The van der Waals surface area contributed by atoms with Crippen LogP contribution in [-0.4, -0.2) is 12.1 Å². The highest BCUT2D eigenvalue weighted by atomic mass is 19.1. The second-order valence-electron chi connectivity index (χ2n) is 4.48. The van der Waals surface area contributed by atoms with Crippen molar-refractivity contribution in [2.24, 2.45) is 0 Å². The van der Waals surface area contributed by atoms with E-state index in [4.69, 9.17) is 15.2 Å². The van der Waals surface area contributed by atoms with E-state index >= 15 is 0 Å². The van der Waals surface area contributed by atoms with Crippen LogP contribution in [0.25, 0.3) is 10.9 Å². The number of hydrogen-bond donors (Lipinski definition) is 1. The van der Waals surface area contributed by atoms with Crippen LogP contribution >= 0.6 is 0 Å². The summed E-state index contributed by atoms with van der Waals surface area (Å²) in [5, 5.41) is 0.815. The van der Waals surface area contributed by atoms with Gasteiger partial charge in [-0.15, -0.1) is 0 Å². The Morgan fingerprint density at radius 3 is 2.62 bits per heavy atom. The Balaban J connectivity index is 2.02. The number of hydrogen-bond acceptors (Lipinski definition) is 4. The molecule has 0 fully saturated rings. The van der Waals surface area contributed by atoms with Gasteiger partial charge in [0.05, 0.1) is 18.3 Å². The van der Waals surface area contributed by atoms with Gasteiger partial charge in [-0.3, -0.25) is 4.98 Å². The highest BCUT2D eigenvalue weighted by Gasteiger charge is 2.07. The summed E-state index contributed by atoms with van der Waals surface area (Å²) in [6.45, 7) is 0. The maximum atomic E-state index is 13.5. The number of pyridine rings is 1. The van der Waals surface area contributed by atoms with E-state index in [0.717, 1.165) is 10.9 Å². The SMILES string of the molecule is COc1ccc2c(Oc3ccc(N)c(F)c3)ccnc2c1. The quantitative estimate of drug-likeness (QED) is 0.744. The molecule has 0 atom stereocenters. The number of aromatic nitrogens is 1. The van der Waals surface area contributed by atoms with Gasteiger partial charge in [0.2, 0.25) is 0 Å². The fourth-order valence-corrected chi connectivity index (χ4v) is 2.02. The first-order chi connectivity index (χ1) is 10.2. The molecule has 3 rings (SSSR count). The Hall–Kier alpha value is -2.82. The number of benzene rings is 2. The Bertz CT molecular complexity index is 805. The van der Waals surface area contributed by atoms with Crippen LogP contribution in [0.1, 0.15) is 0 Å². The number of halogens is 1. The zero-order chi connectivity index (χ0) is 14.8. The number of rotatable bonds is 3. The lowest BCUT2D eigenvalue weighted by molar-refractivity contribution is 0.415. The summed E-state index contributed by atoms with van der Waals surface area (Å²) in [5.41, 5.74) is 6.28. The smallest absolute Gasteiger partial charge is 0.149 e. The second kappa shape index (κ2) is 5.28. The molecule has 1 heterocycles. The van der Waals surface area contributed by atoms with Gasteiger partial charge in [0.15, 0.2) is 0 Å². The van der Waals surface area contributed by atoms with Gasteiger partial charge < -0.3 is 15.2 Å². The normalized spacial score (nSPS) is 10.6. The van der Waals surface area contributed by atoms with Gasteiger partial charge in [-0.05, 0) is 30.3 Å². The molecular weight excluding hydrogens is 271 g/mol. The van der Waals surface area contributed by atoms with E-state index < -0.39 is 5.82 Å². The third kappa shape index (κ3) is 2.58. The van der Waals surface area contributed by atoms with Crippen LogP contribution in [0.2, 0.25) is 0 Å². The molecule has 0 radical (unpaired) electrons. The van der Waals surface area contributed by atoms with Gasteiger partial charge in [0.25, 0.3) is 0 Å². The van der Waals surface area contributed by atoms with Crippen LogP contribution in [0.5, 0.6) is 17.2 Å². The lowest BCUT2D eigenvalue weighted by atomic mass is 10.2. The van der Waals surface area contributed by atoms with Crippen LogP contribution in [-0.2, 0) is 0 Å². The van der Waals surface area contributed by atoms with E-state index in [2.05, 4.69) is 4.98 Å². The molecule has 0 unspecified atom stereocenters. The Kier molecular flexibility index (Phi) is 3.31. The van der Waals surface area contributed by atoms with Crippen molar-refractivity contribution in [2.45, 2.75) is 0 Å². The molecule has 0 aliphatic rings. The number of nitrogens with two attached hydrogens (primary N) is 1. The van der Waals surface area contributed by atoms with Crippen LogP contribution in [0.3, 0.4) is 0 Å². The fraction of sp³-hybridized carbons (Fsp3) is 0.0625. The summed E-state index contributed by atoms with van der Waals surface area (Å²) in [4.78, 5) is 4.27. The van der Waals surface area contributed by atoms with Crippen molar-refractivity contribution in [3.63, 3.8) is 0 Å². The number of methoxy groups -OCH3 is 1. The minimum Gasteiger partial charge on any atom is -0.497 e. The van der Waals surface area contributed by atoms with Crippen LogP contribution in [0.15, 0.2) is 48.7 Å². The maximum Gasteiger partial charge on any atom is 0.149 e. The van der Waals surface area contributed by atoms with Crippen LogP contribution < -0.4 is 15.2 Å². The maximum absolute atomic E-state index is 13.5. The van der Waals surface area contributed by atoms with Gasteiger partial charge in [-0.1, -0.05) is 0 Å². The summed E-state index contributed by atoms with van der Waals surface area (Å²) in [7, 11) is 1.60. The molecule has 0 bridgehead atoms. The Labute approximate surface area is 120 Å². The van der Waals surface area contributed by atoms with Crippen molar-refractivity contribution < 1.29 is 13.9 Å². The second-order valence-corrected chi connectivity index (χ2v) is 4.48. The molecule has 0 spiro atoms. The highest BCUT2D eigenvalue weighted by molar-refractivity contribution is 5.86. The first kappa shape index (κ1) is 13.2. The molecule has 1 aromatic heterocycles. The van der Waals surface area contributed by atoms with Crippen molar-refractivity contribution in [2.75, 3.05) is 12.8 Å². The summed E-state index contributed by atoms with van der Waals surface area (Å²) in [6.07, 6.45) is 1.63. The Morgan fingerprint density at radius 1 is 1.05 bits per heavy atom. The van der Waals surface area contributed by atoms with Crippen LogP contribution in [0.4, 0.5) is 10.1 Å². The van der Waals surface area contributed by atoms with Crippen molar-refractivity contribution in [3.05, 3.63) is 54.5 Å². The van der Waals surface area contributed by atoms with Crippen molar-refractivity contribution in [3.8, 4) is 17.2 Å². The Morgan fingerprint density at radius 2 is 1.86 bits per heavy atom. The van der Waals surface area contributed by atoms with E-state index in [-0.39, 0.29) is 5.69 Å². The molecule has 0 aliphatic heterocycles.